The average molecular weight is 279 g/mol. The maximum atomic E-state index is 5.91. The SMILES string of the molecule is COc1ccc(CNc2nc(C)nc(Cl)c2N)cc1. The Morgan fingerprint density at radius 2 is 1.95 bits per heavy atom. The highest BCUT2D eigenvalue weighted by atomic mass is 35.5. The summed E-state index contributed by atoms with van der Waals surface area (Å²) in [6.45, 7) is 2.37. The van der Waals surface area contributed by atoms with Crippen LogP contribution in [0, 0.1) is 6.92 Å². The molecule has 0 saturated heterocycles. The van der Waals surface area contributed by atoms with Gasteiger partial charge in [-0.3, -0.25) is 0 Å². The van der Waals surface area contributed by atoms with Crippen LogP contribution in [-0.4, -0.2) is 17.1 Å². The van der Waals surface area contributed by atoms with E-state index in [1.54, 1.807) is 14.0 Å². The van der Waals surface area contributed by atoms with E-state index in [4.69, 9.17) is 22.1 Å². The molecule has 1 heterocycles. The van der Waals surface area contributed by atoms with Gasteiger partial charge >= 0.3 is 0 Å². The second-order valence-electron chi connectivity index (χ2n) is 4.03. The van der Waals surface area contributed by atoms with Crippen molar-refractivity contribution in [2.75, 3.05) is 18.2 Å². The number of ether oxygens (including phenoxy) is 1. The van der Waals surface area contributed by atoms with Crippen molar-refractivity contribution in [3.63, 3.8) is 0 Å². The molecule has 0 aliphatic rings. The predicted molar refractivity (Wildman–Crippen MR) is 76.5 cm³/mol. The maximum Gasteiger partial charge on any atom is 0.157 e. The summed E-state index contributed by atoms with van der Waals surface area (Å²) >= 11 is 5.91. The summed E-state index contributed by atoms with van der Waals surface area (Å²) in [7, 11) is 1.64. The lowest BCUT2D eigenvalue weighted by atomic mass is 10.2. The normalized spacial score (nSPS) is 10.3. The van der Waals surface area contributed by atoms with Crippen molar-refractivity contribution in [2.24, 2.45) is 0 Å². The van der Waals surface area contributed by atoms with E-state index in [1.807, 2.05) is 24.3 Å². The average Bonchev–Trinajstić information content (AvgIpc) is 2.41. The molecule has 0 spiro atoms. The second kappa shape index (κ2) is 5.75. The van der Waals surface area contributed by atoms with Gasteiger partial charge < -0.3 is 15.8 Å². The van der Waals surface area contributed by atoms with E-state index in [0.717, 1.165) is 11.3 Å². The molecule has 6 heteroatoms. The third-order valence-corrected chi connectivity index (χ3v) is 2.92. The molecule has 0 radical (unpaired) electrons. The first-order chi connectivity index (χ1) is 9.10. The first-order valence-corrected chi connectivity index (χ1v) is 6.14. The van der Waals surface area contributed by atoms with Crippen molar-refractivity contribution >= 4 is 23.1 Å². The van der Waals surface area contributed by atoms with Crippen LogP contribution in [0.5, 0.6) is 5.75 Å². The highest BCUT2D eigenvalue weighted by Gasteiger charge is 2.07. The Morgan fingerprint density at radius 3 is 2.58 bits per heavy atom. The van der Waals surface area contributed by atoms with Crippen molar-refractivity contribution < 1.29 is 4.74 Å². The fraction of sp³-hybridized carbons (Fsp3) is 0.231. The Kier molecular flexibility index (Phi) is 4.06. The lowest BCUT2D eigenvalue weighted by molar-refractivity contribution is 0.414. The zero-order valence-corrected chi connectivity index (χ0v) is 11.5. The molecule has 3 N–H and O–H groups in total. The van der Waals surface area contributed by atoms with Gasteiger partial charge in [0.25, 0.3) is 0 Å². The lowest BCUT2D eigenvalue weighted by Gasteiger charge is -2.10. The zero-order valence-electron chi connectivity index (χ0n) is 10.8. The van der Waals surface area contributed by atoms with Crippen LogP contribution in [0.3, 0.4) is 0 Å². The Hall–Kier alpha value is -2.01. The Bertz CT molecular complexity index is 572. The van der Waals surface area contributed by atoms with Crippen molar-refractivity contribution in [1.82, 2.24) is 9.97 Å². The van der Waals surface area contributed by atoms with E-state index in [1.165, 1.54) is 0 Å². The number of nitrogens with zero attached hydrogens (tertiary/aromatic N) is 2. The monoisotopic (exact) mass is 278 g/mol. The van der Waals surface area contributed by atoms with E-state index in [2.05, 4.69) is 15.3 Å². The molecule has 0 aliphatic heterocycles. The quantitative estimate of drug-likeness (QED) is 0.841. The number of hydrogen-bond donors (Lipinski definition) is 2. The van der Waals surface area contributed by atoms with Gasteiger partial charge in [0.05, 0.1) is 7.11 Å². The third-order valence-electron chi connectivity index (χ3n) is 2.63. The Balaban J connectivity index is 2.09. The van der Waals surface area contributed by atoms with Crippen molar-refractivity contribution in [1.29, 1.82) is 0 Å². The van der Waals surface area contributed by atoms with Gasteiger partial charge in [-0.2, -0.15) is 0 Å². The van der Waals surface area contributed by atoms with Gasteiger partial charge in [-0.05, 0) is 24.6 Å². The molecule has 2 rings (SSSR count). The third kappa shape index (κ3) is 3.26. The minimum Gasteiger partial charge on any atom is -0.497 e. The van der Waals surface area contributed by atoms with Crippen molar-refractivity contribution in [3.8, 4) is 5.75 Å². The fourth-order valence-corrected chi connectivity index (χ4v) is 1.82. The molecule has 0 unspecified atom stereocenters. The van der Waals surface area contributed by atoms with Crippen LogP contribution in [0.4, 0.5) is 11.5 Å². The largest absolute Gasteiger partial charge is 0.497 e. The minimum atomic E-state index is 0.268. The molecule has 0 fully saturated rings. The molecular formula is C13H15ClN4O. The first-order valence-electron chi connectivity index (χ1n) is 5.76. The summed E-state index contributed by atoms with van der Waals surface area (Å²) in [5, 5.41) is 3.42. The maximum absolute atomic E-state index is 5.91. The number of halogens is 1. The van der Waals surface area contributed by atoms with Crippen LogP contribution in [0.15, 0.2) is 24.3 Å². The molecule has 19 heavy (non-hydrogen) atoms. The molecule has 2 aromatic rings. The number of methoxy groups -OCH3 is 1. The number of nitrogens with two attached hydrogens (primary N) is 1. The van der Waals surface area contributed by atoms with Crippen molar-refractivity contribution in [3.05, 3.63) is 40.8 Å². The fourth-order valence-electron chi connectivity index (χ4n) is 1.61. The smallest absolute Gasteiger partial charge is 0.157 e. The molecule has 100 valence electrons. The summed E-state index contributed by atoms with van der Waals surface area (Å²) in [4.78, 5) is 8.21. The van der Waals surface area contributed by atoms with E-state index in [9.17, 15) is 0 Å². The number of aromatic nitrogens is 2. The van der Waals surface area contributed by atoms with Gasteiger partial charge in [0.1, 0.15) is 17.3 Å². The van der Waals surface area contributed by atoms with E-state index >= 15 is 0 Å². The molecule has 0 bridgehead atoms. The van der Waals surface area contributed by atoms with Gasteiger partial charge in [-0.1, -0.05) is 23.7 Å². The summed E-state index contributed by atoms with van der Waals surface area (Å²) in [6, 6.07) is 7.74. The standard InChI is InChI=1S/C13H15ClN4O/c1-8-17-12(14)11(15)13(18-8)16-7-9-3-5-10(19-2)6-4-9/h3-6H,7,15H2,1-2H3,(H,16,17,18). The van der Waals surface area contributed by atoms with Gasteiger partial charge in [0.15, 0.2) is 11.0 Å². The van der Waals surface area contributed by atoms with Crippen LogP contribution in [0.25, 0.3) is 0 Å². The number of aryl methyl sites for hydroxylation is 1. The number of nitrogen functional groups attached to an aromatic ring is 1. The predicted octanol–water partition coefficient (Wildman–Crippen LogP) is 2.64. The summed E-state index contributed by atoms with van der Waals surface area (Å²) in [5.74, 6) is 1.95. The number of anilines is 2. The Morgan fingerprint density at radius 1 is 1.26 bits per heavy atom. The van der Waals surface area contributed by atoms with E-state index in [0.29, 0.717) is 23.9 Å². The second-order valence-corrected chi connectivity index (χ2v) is 4.38. The van der Waals surface area contributed by atoms with Gasteiger partial charge in [-0.25, -0.2) is 9.97 Å². The number of hydrogen-bond acceptors (Lipinski definition) is 5. The van der Waals surface area contributed by atoms with Crippen LogP contribution >= 0.6 is 11.6 Å². The molecule has 1 aromatic heterocycles. The van der Waals surface area contributed by atoms with E-state index < -0.39 is 0 Å². The van der Waals surface area contributed by atoms with Crippen LogP contribution in [-0.2, 0) is 6.54 Å². The molecule has 0 amide bonds. The van der Waals surface area contributed by atoms with Gasteiger partial charge in [0.2, 0.25) is 0 Å². The van der Waals surface area contributed by atoms with Crippen LogP contribution < -0.4 is 15.8 Å². The van der Waals surface area contributed by atoms with Crippen LogP contribution in [0.1, 0.15) is 11.4 Å². The lowest BCUT2D eigenvalue weighted by Crippen LogP contribution is -2.07. The molecule has 5 nitrogen and oxygen atoms in total. The number of nitrogens with one attached hydrogen (secondary N) is 1. The summed E-state index contributed by atoms with van der Waals surface area (Å²) in [5.41, 5.74) is 7.27. The molecule has 0 atom stereocenters. The molecule has 1 aromatic carbocycles. The molecule has 0 aliphatic carbocycles. The van der Waals surface area contributed by atoms with E-state index in [-0.39, 0.29) is 5.15 Å². The van der Waals surface area contributed by atoms with Gasteiger partial charge in [0, 0.05) is 6.54 Å². The zero-order chi connectivity index (χ0) is 13.8. The Labute approximate surface area is 116 Å². The molecular weight excluding hydrogens is 264 g/mol. The molecule has 0 saturated carbocycles. The van der Waals surface area contributed by atoms with Crippen LogP contribution in [0.2, 0.25) is 5.15 Å². The topological polar surface area (TPSA) is 73.1 Å². The first kappa shape index (κ1) is 13.4. The summed E-state index contributed by atoms with van der Waals surface area (Å²) < 4.78 is 5.10. The highest BCUT2D eigenvalue weighted by Crippen LogP contribution is 2.24. The van der Waals surface area contributed by atoms with Gasteiger partial charge in [-0.15, -0.1) is 0 Å². The number of rotatable bonds is 4. The number of benzene rings is 1. The summed E-state index contributed by atoms with van der Waals surface area (Å²) in [6.07, 6.45) is 0. The minimum absolute atomic E-state index is 0.268. The van der Waals surface area contributed by atoms with Crippen molar-refractivity contribution in [2.45, 2.75) is 13.5 Å². The highest BCUT2D eigenvalue weighted by molar-refractivity contribution is 6.32.